The van der Waals surface area contributed by atoms with Crippen molar-refractivity contribution in [3.8, 4) is 0 Å². The monoisotopic (exact) mass is 373 g/mol. The van der Waals surface area contributed by atoms with Crippen LogP contribution in [0.2, 0.25) is 0 Å². The van der Waals surface area contributed by atoms with E-state index in [1.807, 2.05) is 0 Å². The Hall–Kier alpha value is -0.700. The highest BCUT2D eigenvalue weighted by molar-refractivity contribution is 7.86. The molecule has 2 saturated heterocycles. The Kier molecular flexibility index (Phi) is 5.72. The van der Waals surface area contributed by atoms with Crippen LogP contribution in [0.25, 0.3) is 0 Å². The summed E-state index contributed by atoms with van der Waals surface area (Å²) in [5.74, 6) is 1.03. The molecule has 1 N–H and O–H groups in total. The van der Waals surface area contributed by atoms with Gasteiger partial charge in [-0.15, -0.1) is 0 Å². The number of nitrogens with zero attached hydrogens (tertiary/aromatic N) is 2. The fourth-order valence-electron chi connectivity index (χ4n) is 3.97. The number of carbonyl (C=O) groups is 1. The molecule has 1 unspecified atom stereocenters. The molecule has 1 aliphatic carbocycles. The fraction of sp³-hybridized carbons (Fsp3) is 0.941. The average Bonchev–Trinajstić information content (AvgIpc) is 3.40. The zero-order valence-electron chi connectivity index (χ0n) is 15.4. The van der Waals surface area contributed by atoms with Crippen LogP contribution >= 0.6 is 0 Å². The van der Waals surface area contributed by atoms with Crippen molar-refractivity contribution in [3.63, 3.8) is 0 Å². The Morgan fingerprint density at radius 2 is 1.92 bits per heavy atom. The lowest BCUT2D eigenvalue weighted by molar-refractivity contribution is -0.124. The van der Waals surface area contributed by atoms with Crippen molar-refractivity contribution in [3.05, 3.63) is 0 Å². The Balaban J connectivity index is 1.47. The van der Waals surface area contributed by atoms with Crippen molar-refractivity contribution < 1.29 is 17.9 Å². The summed E-state index contributed by atoms with van der Waals surface area (Å²) in [6.07, 6.45) is 6.58. The first-order valence-corrected chi connectivity index (χ1v) is 10.8. The van der Waals surface area contributed by atoms with Crippen LogP contribution in [-0.4, -0.2) is 68.9 Å². The van der Waals surface area contributed by atoms with Gasteiger partial charge >= 0.3 is 0 Å². The molecular weight excluding hydrogens is 342 g/mol. The van der Waals surface area contributed by atoms with Crippen LogP contribution in [0.5, 0.6) is 0 Å². The summed E-state index contributed by atoms with van der Waals surface area (Å²) in [4.78, 5) is 11.7. The first-order valence-electron chi connectivity index (χ1n) is 9.42. The molecule has 0 radical (unpaired) electrons. The van der Waals surface area contributed by atoms with Gasteiger partial charge in [-0.25, -0.2) is 0 Å². The number of ether oxygens (including phenoxy) is 1. The van der Waals surface area contributed by atoms with Gasteiger partial charge in [0, 0.05) is 46.3 Å². The maximum Gasteiger partial charge on any atom is 0.281 e. The molecule has 2 heterocycles. The van der Waals surface area contributed by atoms with Crippen LogP contribution in [0.4, 0.5) is 0 Å². The summed E-state index contributed by atoms with van der Waals surface area (Å²) in [5, 5.41) is 3.05. The minimum atomic E-state index is -3.33. The minimum Gasteiger partial charge on any atom is -0.375 e. The van der Waals surface area contributed by atoms with E-state index in [1.54, 1.807) is 18.4 Å². The predicted molar refractivity (Wildman–Crippen MR) is 95.2 cm³/mol. The van der Waals surface area contributed by atoms with Crippen molar-refractivity contribution in [2.24, 2.45) is 11.8 Å². The highest BCUT2D eigenvalue weighted by Gasteiger charge is 2.42. The van der Waals surface area contributed by atoms with E-state index in [0.717, 1.165) is 58.1 Å². The summed E-state index contributed by atoms with van der Waals surface area (Å²) >= 11 is 0. The van der Waals surface area contributed by atoms with Crippen LogP contribution in [0.15, 0.2) is 0 Å². The second-order valence-electron chi connectivity index (χ2n) is 7.93. The lowest BCUT2D eigenvalue weighted by Gasteiger charge is -2.46. The molecular formula is C17H31N3O4S. The molecule has 1 amide bonds. The zero-order chi connectivity index (χ0) is 18.1. The summed E-state index contributed by atoms with van der Waals surface area (Å²) in [7, 11) is -0.187. The van der Waals surface area contributed by atoms with E-state index in [4.69, 9.17) is 4.74 Å². The number of hydrogen-bond acceptors (Lipinski definition) is 4. The van der Waals surface area contributed by atoms with Gasteiger partial charge in [0.25, 0.3) is 10.2 Å². The van der Waals surface area contributed by atoms with Gasteiger partial charge in [-0.05, 0) is 50.9 Å². The molecule has 144 valence electrons. The highest BCUT2D eigenvalue weighted by atomic mass is 32.2. The van der Waals surface area contributed by atoms with Gasteiger partial charge in [0.05, 0.1) is 5.60 Å². The summed E-state index contributed by atoms with van der Waals surface area (Å²) < 4.78 is 33.5. The number of hydrogen-bond donors (Lipinski definition) is 1. The molecule has 8 heteroatoms. The minimum absolute atomic E-state index is 0.179. The Morgan fingerprint density at radius 1 is 1.24 bits per heavy atom. The Morgan fingerprint density at radius 3 is 2.52 bits per heavy atom. The van der Waals surface area contributed by atoms with Crippen LogP contribution in [0.3, 0.4) is 0 Å². The van der Waals surface area contributed by atoms with Crippen molar-refractivity contribution in [1.29, 1.82) is 0 Å². The molecule has 25 heavy (non-hydrogen) atoms. The number of amides is 1. The first kappa shape index (κ1) is 19.1. The standard InChI is InChI=1S/C17H31N3O4S/c1-19(2)25(22,23)20-10-7-17(8-11-20)13-14(6-12-24-17)5-9-18-16(21)15-3-4-15/h14-15H,3-13H2,1-2H3,(H,18,21). The molecule has 3 rings (SSSR count). The molecule has 1 saturated carbocycles. The van der Waals surface area contributed by atoms with E-state index < -0.39 is 10.2 Å². The number of carbonyl (C=O) groups excluding carboxylic acids is 1. The highest BCUT2D eigenvalue weighted by Crippen LogP contribution is 2.39. The topological polar surface area (TPSA) is 79.0 Å². The number of nitrogens with one attached hydrogen (secondary N) is 1. The molecule has 3 fully saturated rings. The predicted octanol–water partition coefficient (Wildman–Crippen LogP) is 0.970. The van der Waals surface area contributed by atoms with Gasteiger partial charge in [0.2, 0.25) is 5.91 Å². The van der Waals surface area contributed by atoms with Crippen molar-refractivity contribution >= 4 is 16.1 Å². The summed E-state index contributed by atoms with van der Waals surface area (Å²) in [6.45, 7) is 2.52. The third-order valence-corrected chi connectivity index (χ3v) is 7.76. The molecule has 2 aliphatic heterocycles. The van der Waals surface area contributed by atoms with Crippen LogP contribution < -0.4 is 5.32 Å². The summed E-state index contributed by atoms with van der Waals surface area (Å²) in [5.41, 5.74) is -0.179. The lowest BCUT2D eigenvalue weighted by Crippen LogP contribution is -2.52. The van der Waals surface area contributed by atoms with E-state index in [9.17, 15) is 13.2 Å². The average molecular weight is 374 g/mol. The van der Waals surface area contributed by atoms with Gasteiger partial charge in [-0.2, -0.15) is 17.0 Å². The van der Waals surface area contributed by atoms with Crippen LogP contribution in [-0.2, 0) is 19.7 Å². The molecule has 1 atom stereocenters. The van der Waals surface area contributed by atoms with Gasteiger partial charge in [0.15, 0.2) is 0 Å². The molecule has 0 aromatic heterocycles. The Bertz CT molecular complexity index is 581. The fourth-order valence-corrected chi connectivity index (χ4v) is 5.07. The smallest absolute Gasteiger partial charge is 0.281 e. The Labute approximate surface area is 151 Å². The maximum absolute atomic E-state index is 12.3. The van der Waals surface area contributed by atoms with Gasteiger partial charge in [-0.3, -0.25) is 4.79 Å². The van der Waals surface area contributed by atoms with Gasteiger partial charge in [0.1, 0.15) is 0 Å². The lowest BCUT2D eigenvalue weighted by atomic mass is 9.79. The van der Waals surface area contributed by atoms with E-state index in [1.165, 1.54) is 4.31 Å². The maximum atomic E-state index is 12.3. The number of rotatable bonds is 6. The zero-order valence-corrected chi connectivity index (χ0v) is 16.2. The van der Waals surface area contributed by atoms with E-state index in [0.29, 0.717) is 19.0 Å². The normalized spacial score (nSPS) is 27.6. The third kappa shape index (κ3) is 4.53. The van der Waals surface area contributed by atoms with Gasteiger partial charge < -0.3 is 10.1 Å². The SMILES string of the molecule is CN(C)S(=O)(=O)N1CCC2(CC1)CC(CCNC(=O)C1CC1)CCO2. The molecule has 0 aromatic rings. The number of piperidine rings is 1. The van der Waals surface area contributed by atoms with E-state index in [2.05, 4.69) is 5.32 Å². The molecule has 1 spiro atoms. The molecule has 0 aromatic carbocycles. The van der Waals surface area contributed by atoms with E-state index >= 15 is 0 Å². The molecule has 3 aliphatic rings. The van der Waals surface area contributed by atoms with E-state index in [-0.39, 0.29) is 17.4 Å². The van der Waals surface area contributed by atoms with Crippen molar-refractivity contribution in [2.75, 3.05) is 40.3 Å². The van der Waals surface area contributed by atoms with Crippen molar-refractivity contribution in [1.82, 2.24) is 13.9 Å². The molecule has 0 bridgehead atoms. The van der Waals surface area contributed by atoms with Crippen molar-refractivity contribution in [2.45, 2.75) is 50.5 Å². The van der Waals surface area contributed by atoms with Gasteiger partial charge in [-0.1, -0.05) is 0 Å². The summed E-state index contributed by atoms with van der Waals surface area (Å²) in [6, 6.07) is 0. The largest absolute Gasteiger partial charge is 0.375 e. The second kappa shape index (κ2) is 7.50. The quantitative estimate of drug-likeness (QED) is 0.752. The third-order valence-electron chi connectivity index (χ3n) is 5.82. The van der Waals surface area contributed by atoms with Crippen LogP contribution in [0, 0.1) is 11.8 Å². The molecule has 7 nitrogen and oxygen atoms in total. The first-order chi connectivity index (χ1) is 11.8. The van der Waals surface area contributed by atoms with Crippen LogP contribution in [0.1, 0.15) is 44.9 Å². The second-order valence-corrected chi connectivity index (χ2v) is 10.1.